The van der Waals surface area contributed by atoms with Crippen LogP contribution in [0.1, 0.15) is 76.8 Å². The standard InChI is InChI=1S/C39H53FN6O11S/c1-6-24-16-39(24,35(50)43-58(53,54)29-11-12-29)42-34(49)32-15-28(56-37(52)45-17-23-8-7-9-31(40)30(23)21-45)19-44(32)18-25(41-36(51)57-38(2,3)4)10-13-33(48)46-20-27(55-5)14-26(46)22-47/h6-9,22,24-29,32H,1,10-21H2,2-5H3,(H,41,51)(H,42,49)(H,43,50). The molecule has 318 valence electrons. The highest BCUT2D eigenvalue weighted by atomic mass is 32.2. The van der Waals surface area contributed by atoms with Crippen LogP contribution in [0.4, 0.5) is 14.0 Å². The van der Waals surface area contributed by atoms with Gasteiger partial charge in [0.25, 0.3) is 5.91 Å². The number of amides is 5. The first-order chi connectivity index (χ1) is 27.4. The van der Waals surface area contributed by atoms with Crippen LogP contribution >= 0.6 is 0 Å². The number of nitrogens with zero attached hydrogens (tertiary/aromatic N) is 3. The molecule has 1 aromatic rings. The van der Waals surface area contributed by atoms with Crippen LogP contribution in [0.2, 0.25) is 0 Å². The second-order valence-corrected chi connectivity index (χ2v) is 18.8. The Kier molecular flexibility index (Phi) is 12.5. The second-order valence-electron chi connectivity index (χ2n) is 16.9. The number of nitrogens with one attached hydrogen (secondary N) is 3. The van der Waals surface area contributed by atoms with Gasteiger partial charge in [-0.05, 0) is 58.1 Å². The van der Waals surface area contributed by atoms with Crippen LogP contribution in [0.25, 0.3) is 0 Å². The number of hydrogen-bond donors (Lipinski definition) is 3. The number of fused-ring (bicyclic) bond motifs is 1. The summed E-state index contributed by atoms with van der Waals surface area (Å²) in [6.07, 6.45) is 0.731. The lowest BCUT2D eigenvalue weighted by atomic mass is 10.1. The van der Waals surface area contributed by atoms with E-state index in [0.29, 0.717) is 36.7 Å². The predicted octanol–water partition coefficient (Wildman–Crippen LogP) is 1.88. The fourth-order valence-electron chi connectivity index (χ4n) is 7.99. The molecule has 0 bridgehead atoms. The Labute approximate surface area is 337 Å². The zero-order valence-corrected chi connectivity index (χ0v) is 34.1. The number of sulfonamides is 1. The molecule has 1 aromatic carbocycles. The number of alkyl carbamates (subject to hydrolysis) is 1. The molecule has 3 heterocycles. The molecule has 2 saturated carbocycles. The largest absolute Gasteiger partial charge is 0.445 e. The van der Waals surface area contributed by atoms with E-state index in [0.717, 1.165) is 0 Å². The van der Waals surface area contributed by atoms with Crippen molar-refractivity contribution in [3.05, 3.63) is 47.8 Å². The maximum Gasteiger partial charge on any atom is 0.410 e. The van der Waals surface area contributed by atoms with Gasteiger partial charge in [0, 0.05) is 70.1 Å². The molecule has 6 rings (SSSR count). The molecule has 19 heteroatoms. The minimum absolute atomic E-state index is 0.00541. The number of carbonyl (C=O) groups is 6. The summed E-state index contributed by atoms with van der Waals surface area (Å²) in [5.41, 5.74) is -1.42. The van der Waals surface area contributed by atoms with Gasteiger partial charge in [0.1, 0.15) is 29.3 Å². The smallest absolute Gasteiger partial charge is 0.410 e. The van der Waals surface area contributed by atoms with Crippen molar-refractivity contribution in [3.63, 3.8) is 0 Å². The normalized spacial score (nSPS) is 27.3. The van der Waals surface area contributed by atoms with Gasteiger partial charge in [0.05, 0.1) is 30.0 Å². The number of halogens is 1. The number of benzene rings is 1. The Bertz CT molecular complexity index is 1920. The van der Waals surface area contributed by atoms with Crippen molar-refractivity contribution >= 4 is 46.2 Å². The minimum Gasteiger partial charge on any atom is -0.445 e. The first kappa shape index (κ1) is 43.0. The number of carbonyl (C=O) groups excluding carboxylic acids is 6. The van der Waals surface area contributed by atoms with Crippen LogP contribution in [-0.4, -0.2) is 133 Å². The number of methoxy groups -OCH3 is 1. The van der Waals surface area contributed by atoms with Crippen LogP contribution < -0.4 is 15.4 Å². The lowest BCUT2D eigenvalue weighted by Gasteiger charge is -2.31. The van der Waals surface area contributed by atoms with Crippen molar-refractivity contribution in [2.45, 2.75) is 126 Å². The van der Waals surface area contributed by atoms with E-state index in [1.54, 1.807) is 37.8 Å². The Morgan fingerprint density at radius 3 is 2.45 bits per heavy atom. The third-order valence-electron chi connectivity index (χ3n) is 11.4. The highest BCUT2D eigenvalue weighted by Gasteiger charge is 2.62. The molecule has 4 fully saturated rings. The van der Waals surface area contributed by atoms with Gasteiger partial charge in [-0.3, -0.25) is 28.9 Å². The first-order valence-corrected chi connectivity index (χ1v) is 21.1. The lowest BCUT2D eigenvalue weighted by molar-refractivity contribution is -0.135. The van der Waals surface area contributed by atoms with Crippen molar-refractivity contribution in [1.82, 2.24) is 30.1 Å². The zero-order valence-electron chi connectivity index (χ0n) is 33.2. The van der Waals surface area contributed by atoms with E-state index in [9.17, 15) is 41.6 Å². The van der Waals surface area contributed by atoms with Crippen molar-refractivity contribution < 1.29 is 55.8 Å². The molecule has 5 amide bonds. The Balaban J connectivity index is 1.21. The highest BCUT2D eigenvalue weighted by molar-refractivity contribution is 7.91. The van der Waals surface area contributed by atoms with Gasteiger partial charge in [-0.1, -0.05) is 18.2 Å². The average Bonchev–Trinajstić information content (AvgIpc) is 3.98. The van der Waals surface area contributed by atoms with Crippen molar-refractivity contribution in [3.8, 4) is 0 Å². The Hall–Kier alpha value is -4.62. The van der Waals surface area contributed by atoms with Crippen molar-refractivity contribution in [2.75, 3.05) is 26.7 Å². The molecule has 2 aliphatic carbocycles. The summed E-state index contributed by atoms with van der Waals surface area (Å²) in [5.74, 6) is -2.86. The van der Waals surface area contributed by atoms with E-state index < -0.39 is 86.4 Å². The molecule has 0 spiro atoms. The summed E-state index contributed by atoms with van der Waals surface area (Å²) in [7, 11) is -2.44. The van der Waals surface area contributed by atoms with Gasteiger partial charge in [-0.15, -0.1) is 6.58 Å². The van der Waals surface area contributed by atoms with Gasteiger partial charge in [0.15, 0.2) is 0 Å². The Morgan fingerprint density at radius 1 is 1.09 bits per heavy atom. The summed E-state index contributed by atoms with van der Waals surface area (Å²) >= 11 is 0. The molecule has 58 heavy (non-hydrogen) atoms. The topological polar surface area (TPSA) is 210 Å². The molecule has 2 saturated heterocycles. The Morgan fingerprint density at radius 2 is 1.83 bits per heavy atom. The summed E-state index contributed by atoms with van der Waals surface area (Å²) < 4.78 is 58.9. The fraction of sp³-hybridized carbons (Fsp3) is 0.641. The molecule has 3 N–H and O–H groups in total. The lowest BCUT2D eigenvalue weighted by Crippen LogP contribution is -2.57. The van der Waals surface area contributed by atoms with Gasteiger partial charge in [-0.25, -0.2) is 22.4 Å². The average molecular weight is 833 g/mol. The molecule has 17 nitrogen and oxygen atoms in total. The van der Waals surface area contributed by atoms with Crippen LogP contribution in [0.5, 0.6) is 0 Å². The third-order valence-corrected chi connectivity index (χ3v) is 13.2. The molecular weight excluding hydrogens is 780 g/mol. The van der Waals surface area contributed by atoms with Gasteiger partial charge in [-0.2, -0.15) is 0 Å². The number of likely N-dealkylation sites (tertiary alicyclic amines) is 2. The number of ether oxygens (including phenoxy) is 3. The molecular formula is C39H53FN6O11S. The summed E-state index contributed by atoms with van der Waals surface area (Å²) in [4.78, 5) is 84.1. The molecule has 7 unspecified atom stereocenters. The number of hydrogen-bond acceptors (Lipinski definition) is 12. The molecule has 0 aromatic heterocycles. The van der Waals surface area contributed by atoms with E-state index in [2.05, 4.69) is 21.9 Å². The maximum atomic E-state index is 14.5. The summed E-state index contributed by atoms with van der Waals surface area (Å²) in [6.45, 7) is 9.11. The first-order valence-electron chi connectivity index (χ1n) is 19.6. The van der Waals surface area contributed by atoms with Crippen LogP contribution in [0.3, 0.4) is 0 Å². The van der Waals surface area contributed by atoms with Gasteiger partial charge >= 0.3 is 12.2 Å². The van der Waals surface area contributed by atoms with E-state index in [1.165, 1.54) is 29.1 Å². The van der Waals surface area contributed by atoms with E-state index in [4.69, 9.17) is 14.2 Å². The second kappa shape index (κ2) is 16.9. The highest BCUT2D eigenvalue weighted by Crippen LogP contribution is 2.45. The van der Waals surface area contributed by atoms with Gasteiger partial charge in [0.2, 0.25) is 21.8 Å². The van der Waals surface area contributed by atoms with Crippen molar-refractivity contribution in [1.29, 1.82) is 0 Å². The number of aldehydes is 1. The maximum absolute atomic E-state index is 14.5. The van der Waals surface area contributed by atoms with E-state index in [1.807, 2.05) is 0 Å². The monoisotopic (exact) mass is 832 g/mol. The zero-order chi connectivity index (χ0) is 42.2. The van der Waals surface area contributed by atoms with Crippen LogP contribution in [0, 0.1) is 11.7 Å². The molecule has 5 aliphatic rings. The van der Waals surface area contributed by atoms with E-state index >= 15 is 0 Å². The number of rotatable bonds is 15. The summed E-state index contributed by atoms with van der Waals surface area (Å²) in [6, 6.07) is 2.07. The molecule has 0 radical (unpaired) electrons. The predicted molar refractivity (Wildman–Crippen MR) is 205 cm³/mol. The molecule has 3 aliphatic heterocycles. The molecule has 7 atom stereocenters. The van der Waals surface area contributed by atoms with Crippen molar-refractivity contribution in [2.24, 2.45) is 5.92 Å². The van der Waals surface area contributed by atoms with E-state index in [-0.39, 0.29) is 70.4 Å². The van der Waals surface area contributed by atoms with Crippen LogP contribution in [0.15, 0.2) is 30.9 Å². The third kappa shape index (κ3) is 9.80. The summed E-state index contributed by atoms with van der Waals surface area (Å²) in [5, 5.41) is 4.92. The fourth-order valence-corrected chi connectivity index (χ4v) is 9.35. The SMILES string of the molecule is C=CC1CC1(NC(=O)C1CC(OC(=O)N2Cc3cccc(F)c3C2)CN1CC(CCC(=O)N1CC(OC)CC1C=O)NC(=O)OC(C)(C)C)C(=O)NS(=O)(=O)C1CC1. The minimum atomic E-state index is -3.94. The quantitative estimate of drug-likeness (QED) is 0.171. The van der Waals surface area contributed by atoms with Crippen LogP contribution in [-0.2, 0) is 56.5 Å². The van der Waals surface area contributed by atoms with Gasteiger partial charge < -0.3 is 34.5 Å².